The Bertz CT molecular complexity index is 410. The Balaban J connectivity index is 5.59. The van der Waals surface area contributed by atoms with Gasteiger partial charge >= 0.3 is 0 Å². The fourth-order valence-corrected chi connectivity index (χ4v) is 4.63. The third-order valence-corrected chi connectivity index (χ3v) is 16.5. The van der Waals surface area contributed by atoms with Crippen molar-refractivity contribution in [1.82, 2.24) is 0 Å². The van der Waals surface area contributed by atoms with Gasteiger partial charge in [-0.15, -0.1) is 0 Å². The van der Waals surface area contributed by atoms with Gasteiger partial charge in [-0.3, -0.25) is 0 Å². The van der Waals surface area contributed by atoms with Crippen molar-refractivity contribution in [2.75, 3.05) is 13.2 Å². The molecule has 0 heterocycles. The van der Waals surface area contributed by atoms with Crippen LogP contribution in [0.25, 0.3) is 0 Å². The van der Waals surface area contributed by atoms with Crippen molar-refractivity contribution >= 4 is 16.6 Å². The third-order valence-electron chi connectivity index (χ3n) is 7.50. The maximum Gasteiger partial charge on any atom is 0.192 e. The lowest BCUT2D eigenvalue weighted by Gasteiger charge is -2.46. The van der Waals surface area contributed by atoms with Gasteiger partial charge in [-0.1, -0.05) is 75.7 Å². The Kier molecular flexibility index (Phi) is 9.57. The van der Waals surface area contributed by atoms with Crippen molar-refractivity contribution in [3.8, 4) is 0 Å². The topological polar surface area (TPSA) is 18.5 Å². The SMILES string of the molecule is CC(C)CCC(CO[Si](C)(C)C(C)(C)C)(CO[Si](C)(C)C(C)(C)C)C(C)C. The highest BCUT2D eigenvalue weighted by Crippen LogP contribution is 2.43. The smallest absolute Gasteiger partial charge is 0.192 e. The molecular formula is C23H52O2Si2. The molecule has 0 N–H and O–H groups in total. The zero-order valence-electron chi connectivity index (χ0n) is 21.3. The molecule has 0 saturated carbocycles. The number of hydrogen-bond acceptors (Lipinski definition) is 2. The quantitative estimate of drug-likeness (QED) is 0.335. The van der Waals surface area contributed by atoms with Crippen LogP contribution in [0.2, 0.25) is 36.3 Å². The molecule has 0 saturated heterocycles. The van der Waals surface area contributed by atoms with E-state index in [1.807, 2.05) is 0 Å². The van der Waals surface area contributed by atoms with Crippen molar-refractivity contribution in [1.29, 1.82) is 0 Å². The van der Waals surface area contributed by atoms with Crippen LogP contribution in [-0.2, 0) is 8.85 Å². The van der Waals surface area contributed by atoms with Gasteiger partial charge in [-0.05, 0) is 54.5 Å². The van der Waals surface area contributed by atoms with Crippen LogP contribution in [0, 0.1) is 17.3 Å². The van der Waals surface area contributed by atoms with Crippen LogP contribution >= 0.6 is 0 Å². The normalized spacial score (nSPS) is 15.1. The van der Waals surface area contributed by atoms with Crippen molar-refractivity contribution in [2.24, 2.45) is 17.3 Å². The number of hydrogen-bond donors (Lipinski definition) is 0. The number of rotatable bonds is 10. The summed E-state index contributed by atoms with van der Waals surface area (Å²) in [6.07, 6.45) is 2.42. The van der Waals surface area contributed by atoms with Gasteiger partial charge in [-0.25, -0.2) is 0 Å². The Hall–Kier alpha value is 0.354. The minimum absolute atomic E-state index is 0.106. The molecule has 0 fully saturated rings. The second-order valence-corrected chi connectivity index (χ2v) is 22.2. The average molecular weight is 417 g/mol. The summed E-state index contributed by atoms with van der Waals surface area (Å²) < 4.78 is 13.6. The molecular weight excluding hydrogens is 364 g/mol. The lowest BCUT2D eigenvalue weighted by Crippen LogP contribution is -2.50. The summed E-state index contributed by atoms with van der Waals surface area (Å²) in [5, 5.41) is 0.488. The molecule has 0 aliphatic rings. The average Bonchev–Trinajstić information content (AvgIpc) is 2.43. The summed E-state index contributed by atoms with van der Waals surface area (Å²) in [5.41, 5.74) is 0.106. The van der Waals surface area contributed by atoms with E-state index in [0.29, 0.717) is 11.8 Å². The zero-order valence-corrected chi connectivity index (χ0v) is 23.3. The first kappa shape index (κ1) is 27.4. The van der Waals surface area contributed by atoms with Crippen molar-refractivity contribution < 1.29 is 8.85 Å². The van der Waals surface area contributed by atoms with Gasteiger partial charge in [0.05, 0.1) is 0 Å². The summed E-state index contributed by atoms with van der Waals surface area (Å²) in [7, 11) is -3.55. The van der Waals surface area contributed by atoms with Crippen LogP contribution in [0.5, 0.6) is 0 Å². The lowest BCUT2D eigenvalue weighted by atomic mass is 9.74. The highest BCUT2D eigenvalue weighted by Gasteiger charge is 2.44. The summed E-state index contributed by atoms with van der Waals surface area (Å²) in [6.45, 7) is 34.5. The molecule has 27 heavy (non-hydrogen) atoms. The minimum Gasteiger partial charge on any atom is -0.416 e. The maximum atomic E-state index is 6.78. The molecule has 0 bridgehead atoms. The first-order valence-electron chi connectivity index (χ1n) is 11.1. The third kappa shape index (κ3) is 7.95. The van der Waals surface area contributed by atoms with Gasteiger partial charge in [0.15, 0.2) is 16.6 Å². The van der Waals surface area contributed by atoms with Crippen molar-refractivity contribution in [2.45, 2.75) is 118 Å². The Labute approximate surface area is 174 Å². The van der Waals surface area contributed by atoms with E-state index < -0.39 is 16.6 Å². The van der Waals surface area contributed by atoms with Crippen LogP contribution in [-0.4, -0.2) is 29.8 Å². The van der Waals surface area contributed by atoms with E-state index in [9.17, 15) is 0 Å². The van der Waals surface area contributed by atoms with E-state index in [1.54, 1.807) is 0 Å². The largest absolute Gasteiger partial charge is 0.416 e. The summed E-state index contributed by atoms with van der Waals surface area (Å²) in [6, 6.07) is 0. The van der Waals surface area contributed by atoms with Crippen LogP contribution in [0.3, 0.4) is 0 Å². The monoisotopic (exact) mass is 416 g/mol. The second-order valence-electron chi connectivity index (χ2n) is 12.5. The van der Waals surface area contributed by atoms with E-state index in [2.05, 4.69) is 95.4 Å². The molecule has 0 amide bonds. The predicted molar refractivity (Wildman–Crippen MR) is 128 cm³/mol. The van der Waals surface area contributed by atoms with Gasteiger partial charge in [0, 0.05) is 18.6 Å². The van der Waals surface area contributed by atoms with E-state index >= 15 is 0 Å². The second kappa shape index (κ2) is 9.44. The van der Waals surface area contributed by atoms with Crippen LogP contribution in [0.15, 0.2) is 0 Å². The minimum atomic E-state index is -1.77. The molecule has 2 nitrogen and oxygen atoms in total. The Morgan fingerprint density at radius 3 is 1.22 bits per heavy atom. The highest BCUT2D eigenvalue weighted by molar-refractivity contribution is 6.74. The first-order chi connectivity index (χ1) is 11.8. The molecule has 0 aromatic carbocycles. The van der Waals surface area contributed by atoms with Crippen LogP contribution in [0.4, 0.5) is 0 Å². The summed E-state index contributed by atoms with van der Waals surface area (Å²) >= 11 is 0. The Morgan fingerprint density at radius 1 is 0.667 bits per heavy atom. The van der Waals surface area contributed by atoms with Crippen LogP contribution < -0.4 is 0 Å². The van der Waals surface area contributed by atoms with Crippen molar-refractivity contribution in [3.05, 3.63) is 0 Å². The molecule has 4 heteroatoms. The van der Waals surface area contributed by atoms with E-state index in [0.717, 1.165) is 13.2 Å². The zero-order chi connectivity index (χ0) is 21.9. The highest BCUT2D eigenvalue weighted by atomic mass is 28.4. The molecule has 0 aromatic heterocycles. The Morgan fingerprint density at radius 2 is 1.00 bits per heavy atom. The molecule has 0 rings (SSSR count). The van der Waals surface area contributed by atoms with E-state index in [-0.39, 0.29) is 15.5 Å². The first-order valence-corrected chi connectivity index (χ1v) is 16.9. The standard InChI is InChI=1S/C23H52O2Si2/c1-19(2)15-16-23(20(3)4,17-24-26(11,12)21(5,6)7)18-25-27(13,14)22(8,9)10/h19-20H,15-18H2,1-14H3. The molecule has 0 aliphatic carbocycles. The lowest BCUT2D eigenvalue weighted by molar-refractivity contribution is 0.0142. The summed E-state index contributed by atoms with van der Waals surface area (Å²) in [4.78, 5) is 0. The van der Waals surface area contributed by atoms with Gasteiger partial charge < -0.3 is 8.85 Å². The van der Waals surface area contributed by atoms with Crippen molar-refractivity contribution in [3.63, 3.8) is 0 Å². The molecule has 0 aliphatic heterocycles. The van der Waals surface area contributed by atoms with Gasteiger partial charge in [0.25, 0.3) is 0 Å². The molecule has 0 aromatic rings. The maximum absolute atomic E-state index is 6.78. The molecule has 164 valence electrons. The fourth-order valence-electron chi connectivity index (χ4n) is 2.47. The predicted octanol–water partition coefficient (Wildman–Crippen LogP) is 8.11. The van der Waals surface area contributed by atoms with Crippen LogP contribution in [0.1, 0.15) is 82.1 Å². The van der Waals surface area contributed by atoms with Gasteiger partial charge in [-0.2, -0.15) is 0 Å². The molecule has 0 radical (unpaired) electrons. The molecule has 0 atom stereocenters. The van der Waals surface area contributed by atoms with E-state index in [4.69, 9.17) is 8.85 Å². The molecule has 0 unspecified atom stereocenters. The van der Waals surface area contributed by atoms with Gasteiger partial charge in [0.1, 0.15) is 0 Å². The van der Waals surface area contributed by atoms with Gasteiger partial charge in [0.2, 0.25) is 0 Å². The fraction of sp³-hybridized carbons (Fsp3) is 1.00. The molecule has 0 spiro atoms. The van der Waals surface area contributed by atoms with E-state index in [1.165, 1.54) is 12.8 Å². The summed E-state index contributed by atoms with van der Waals surface area (Å²) in [5.74, 6) is 1.26.